The molecule has 0 spiro atoms. The molecule has 2 rings (SSSR count). The summed E-state index contributed by atoms with van der Waals surface area (Å²) in [5.74, 6) is 2.20. The minimum Gasteiger partial charge on any atom is -0.481 e. The zero-order valence-corrected chi connectivity index (χ0v) is 11.5. The van der Waals surface area contributed by atoms with Gasteiger partial charge in [-0.1, -0.05) is 0 Å². The van der Waals surface area contributed by atoms with E-state index in [4.69, 9.17) is 5.11 Å². The molecule has 2 aliphatic rings. The third-order valence-corrected chi connectivity index (χ3v) is 4.73. The Hall–Kier alpha value is -0.710. The van der Waals surface area contributed by atoms with Crippen molar-refractivity contribution in [2.24, 2.45) is 5.92 Å². The molecule has 1 saturated carbocycles. The van der Waals surface area contributed by atoms with E-state index in [1.54, 1.807) is 0 Å². The summed E-state index contributed by atoms with van der Waals surface area (Å²) in [7, 11) is 0. The highest BCUT2D eigenvalue weighted by Gasteiger charge is 2.33. The van der Waals surface area contributed by atoms with Crippen molar-refractivity contribution in [3.8, 4) is 0 Å². The molecule has 1 N–H and O–H groups in total. The Morgan fingerprint density at radius 2 is 1.83 bits per heavy atom. The first kappa shape index (κ1) is 13.7. The largest absolute Gasteiger partial charge is 0.481 e. The van der Waals surface area contributed by atoms with E-state index in [1.807, 2.05) is 16.7 Å². The van der Waals surface area contributed by atoms with Gasteiger partial charge in [-0.2, -0.15) is 11.8 Å². The smallest absolute Gasteiger partial charge is 0.305 e. The summed E-state index contributed by atoms with van der Waals surface area (Å²) >= 11 is 1.96. The topological polar surface area (TPSA) is 57.6 Å². The summed E-state index contributed by atoms with van der Waals surface area (Å²) in [5, 5.41) is 8.73. The molecule has 1 aliphatic heterocycles. The maximum atomic E-state index is 12.2. The number of carbonyl (C=O) groups excluding carboxylic acids is 1. The minimum absolute atomic E-state index is 0.0722. The number of hydrogen-bond acceptors (Lipinski definition) is 3. The Bertz CT molecular complexity index is 311. The van der Waals surface area contributed by atoms with E-state index in [0.29, 0.717) is 24.9 Å². The summed E-state index contributed by atoms with van der Waals surface area (Å²) in [4.78, 5) is 24.7. The summed E-state index contributed by atoms with van der Waals surface area (Å²) < 4.78 is 0. The van der Waals surface area contributed by atoms with Gasteiger partial charge in [0.25, 0.3) is 0 Å². The first-order valence-electron chi connectivity index (χ1n) is 6.76. The van der Waals surface area contributed by atoms with Gasteiger partial charge < -0.3 is 10.0 Å². The van der Waals surface area contributed by atoms with Gasteiger partial charge in [0.15, 0.2) is 0 Å². The van der Waals surface area contributed by atoms with Gasteiger partial charge in [-0.05, 0) is 43.1 Å². The molecule has 5 heteroatoms. The minimum atomic E-state index is -0.817. The SMILES string of the molecule is O=C(O)CCN(C(=O)CC1CCSCC1)C1CC1. The van der Waals surface area contributed by atoms with Crippen LogP contribution in [0.5, 0.6) is 0 Å². The Labute approximate surface area is 112 Å². The van der Waals surface area contributed by atoms with Gasteiger partial charge in [-0.15, -0.1) is 0 Å². The molecule has 2 fully saturated rings. The second-order valence-electron chi connectivity index (χ2n) is 5.22. The first-order chi connectivity index (χ1) is 8.66. The molecule has 18 heavy (non-hydrogen) atoms. The van der Waals surface area contributed by atoms with Crippen molar-refractivity contribution < 1.29 is 14.7 Å². The van der Waals surface area contributed by atoms with Gasteiger partial charge in [-0.25, -0.2) is 0 Å². The second kappa shape index (κ2) is 6.45. The van der Waals surface area contributed by atoms with E-state index in [1.165, 1.54) is 0 Å². The third-order valence-electron chi connectivity index (χ3n) is 3.68. The predicted octanol–water partition coefficient (Wildman–Crippen LogP) is 1.99. The lowest BCUT2D eigenvalue weighted by atomic mass is 9.98. The van der Waals surface area contributed by atoms with Crippen molar-refractivity contribution in [1.29, 1.82) is 0 Å². The van der Waals surface area contributed by atoms with Crippen LogP contribution in [-0.2, 0) is 9.59 Å². The molecule has 0 aromatic heterocycles. The molecule has 0 atom stereocenters. The van der Waals surface area contributed by atoms with Crippen LogP contribution < -0.4 is 0 Å². The van der Waals surface area contributed by atoms with E-state index in [9.17, 15) is 9.59 Å². The van der Waals surface area contributed by atoms with Crippen molar-refractivity contribution in [2.75, 3.05) is 18.1 Å². The number of rotatable bonds is 6. The van der Waals surface area contributed by atoms with Crippen LogP contribution in [0.3, 0.4) is 0 Å². The zero-order chi connectivity index (χ0) is 13.0. The van der Waals surface area contributed by atoms with Gasteiger partial charge in [0.1, 0.15) is 0 Å². The number of thioether (sulfide) groups is 1. The number of carbonyl (C=O) groups is 2. The van der Waals surface area contributed by atoms with E-state index in [0.717, 1.165) is 37.2 Å². The fourth-order valence-electron chi connectivity index (χ4n) is 2.43. The average Bonchev–Trinajstić information content (AvgIpc) is 3.14. The van der Waals surface area contributed by atoms with E-state index >= 15 is 0 Å². The van der Waals surface area contributed by atoms with Gasteiger partial charge >= 0.3 is 5.97 Å². The fourth-order valence-corrected chi connectivity index (χ4v) is 3.63. The lowest BCUT2D eigenvalue weighted by Crippen LogP contribution is -2.36. The molecule has 1 amide bonds. The summed E-state index contributed by atoms with van der Waals surface area (Å²) in [5.41, 5.74) is 0. The van der Waals surface area contributed by atoms with Crippen LogP contribution in [0.15, 0.2) is 0 Å². The lowest BCUT2D eigenvalue weighted by Gasteiger charge is -2.26. The van der Waals surface area contributed by atoms with Crippen LogP contribution >= 0.6 is 11.8 Å². The molecule has 1 aliphatic carbocycles. The maximum absolute atomic E-state index is 12.2. The molecular weight excluding hydrogens is 250 g/mol. The van der Waals surface area contributed by atoms with Gasteiger partial charge in [0.2, 0.25) is 5.91 Å². The molecule has 102 valence electrons. The Morgan fingerprint density at radius 1 is 1.17 bits per heavy atom. The van der Waals surface area contributed by atoms with Crippen molar-refractivity contribution in [2.45, 2.75) is 44.6 Å². The number of nitrogens with zero attached hydrogens (tertiary/aromatic N) is 1. The molecule has 0 radical (unpaired) electrons. The monoisotopic (exact) mass is 271 g/mol. The highest BCUT2D eigenvalue weighted by atomic mass is 32.2. The normalized spacial score (nSPS) is 20.7. The lowest BCUT2D eigenvalue weighted by molar-refractivity contribution is -0.139. The van der Waals surface area contributed by atoms with Crippen molar-refractivity contribution in [3.63, 3.8) is 0 Å². The van der Waals surface area contributed by atoms with Crippen molar-refractivity contribution >= 4 is 23.6 Å². The van der Waals surface area contributed by atoms with E-state index in [2.05, 4.69) is 0 Å². The fraction of sp³-hybridized carbons (Fsp3) is 0.846. The Kier molecular flexibility index (Phi) is 4.92. The molecule has 0 aromatic rings. The molecule has 0 aromatic carbocycles. The zero-order valence-electron chi connectivity index (χ0n) is 10.6. The average molecular weight is 271 g/mol. The van der Waals surface area contributed by atoms with Crippen LogP contribution in [0.2, 0.25) is 0 Å². The summed E-state index contributed by atoms with van der Waals surface area (Å²) in [6, 6.07) is 0.329. The van der Waals surface area contributed by atoms with Crippen LogP contribution in [0.25, 0.3) is 0 Å². The van der Waals surface area contributed by atoms with E-state index in [-0.39, 0.29) is 12.3 Å². The summed E-state index contributed by atoms with van der Waals surface area (Å²) in [6.45, 7) is 0.389. The van der Waals surface area contributed by atoms with Gasteiger partial charge in [0, 0.05) is 19.0 Å². The number of aliphatic carboxylic acids is 1. The molecule has 0 unspecified atom stereocenters. The van der Waals surface area contributed by atoms with Crippen molar-refractivity contribution in [3.05, 3.63) is 0 Å². The number of amides is 1. The maximum Gasteiger partial charge on any atom is 0.305 e. The molecule has 4 nitrogen and oxygen atoms in total. The Morgan fingerprint density at radius 3 is 2.39 bits per heavy atom. The van der Waals surface area contributed by atoms with Crippen molar-refractivity contribution in [1.82, 2.24) is 4.90 Å². The molecule has 0 bridgehead atoms. The standard InChI is InChI=1S/C13H21NO3S/c15-12(9-10-4-7-18-8-5-10)14(11-1-2-11)6-3-13(16)17/h10-11H,1-9H2,(H,16,17). The molecular formula is C13H21NO3S. The molecule has 1 heterocycles. The Balaban J connectivity index is 1.81. The second-order valence-corrected chi connectivity index (χ2v) is 6.45. The third kappa shape index (κ3) is 4.19. The van der Waals surface area contributed by atoms with E-state index < -0.39 is 5.97 Å². The van der Waals surface area contributed by atoms with Gasteiger partial charge in [0.05, 0.1) is 6.42 Å². The predicted molar refractivity (Wildman–Crippen MR) is 71.7 cm³/mol. The quantitative estimate of drug-likeness (QED) is 0.802. The first-order valence-corrected chi connectivity index (χ1v) is 7.91. The van der Waals surface area contributed by atoms with Crippen LogP contribution in [-0.4, -0.2) is 46.0 Å². The highest BCUT2D eigenvalue weighted by molar-refractivity contribution is 7.99. The number of carboxylic acids is 1. The summed E-state index contributed by atoms with van der Waals surface area (Å²) in [6.07, 6.45) is 5.05. The van der Waals surface area contributed by atoms with Crippen LogP contribution in [0.1, 0.15) is 38.5 Å². The number of hydrogen-bond donors (Lipinski definition) is 1. The number of carboxylic acid groups (broad SMARTS) is 1. The highest BCUT2D eigenvalue weighted by Crippen LogP contribution is 2.30. The van der Waals surface area contributed by atoms with Crippen LogP contribution in [0.4, 0.5) is 0 Å². The van der Waals surface area contributed by atoms with Gasteiger partial charge in [-0.3, -0.25) is 9.59 Å². The molecule has 1 saturated heterocycles. The van der Waals surface area contributed by atoms with Crippen LogP contribution in [0, 0.1) is 5.92 Å².